The Morgan fingerprint density at radius 2 is 1.74 bits per heavy atom. The highest BCUT2D eigenvalue weighted by atomic mass is 32.3. The second-order valence-electron chi connectivity index (χ2n) is 6.38. The van der Waals surface area contributed by atoms with E-state index in [0.717, 1.165) is 31.8 Å². The van der Waals surface area contributed by atoms with E-state index < -0.39 is 41.4 Å². The molecule has 9 heteroatoms. The van der Waals surface area contributed by atoms with E-state index in [1.807, 2.05) is 0 Å². The Bertz CT molecular complexity index is 971. The van der Waals surface area contributed by atoms with Crippen molar-refractivity contribution in [2.75, 3.05) is 11.5 Å². The molecule has 0 unspecified atom stereocenters. The van der Waals surface area contributed by atoms with Gasteiger partial charge in [0, 0.05) is 0 Å². The number of sulfone groups is 2. The summed E-state index contributed by atoms with van der Waals surface area (Å²) in [4.78, 5) is 2.45. The second kappa shape index (κ2) is 9.21. The lowest BCUT2D eigenvalue weighted by Gasteiger charge is -2.01. The fourth-order valence-electron chi connectivity index (χ4n) is 2.93. The van der Waals surface area contributed by atoms with Crippen LogP contribution in [0.2, 0.25) is 0 Å². The molecule has 1 aromatic rings. The third-order valence-electron chi connectivity index (χ3n) is 4.19. The lowest BCUT2D eigenvalue weighted by Crippen LogP contribution is -2.29. The summed E-state index contributed by atoms with van der Waals surface area (Å²) in [6, 6.07) is 8.15. The van der Waals surface area contributed by atoms with Crippen LogP contribution < -0.4 is 0 Å². The Balaban J connectivity index is 2.13. The van der Waals surface area contributed by atoms with Crippen LogP contribution in [0.1, 0.15) is 31.2 Å². The van der Waals surface area contributed by atoms with Gasteiger partial charge in [-0.2, -0.15) is 0 Å². The van der Waals surface area contributed by atoms with Gasteiger partial charge in [-0.05, 0) is 30.4 Å². The average molecular weight is 413 g/mol. The topological polar surface area (TPSA) is 105 Å². The van der Waals surface area contributed by atoms with Gasteiger partial charge >= 0.3 is 4.38 Å². The van der Waals surface area contributed by atoms with E-state index in [1.165, 1.54) is 6.08 Å². The van der Waals surface area contributed by atoms with E-state index in [1.54, 1.807) is 36.4 Å². The molecule has 2 rings (SSSR count). The SMILES string of the molecule is [N-]=[N+]=C(S(=O)(=O)CC=CC1CCCC1)S(=O)(=O)CC(F)=Cc1ccccc1. The van der Waals surface area contributed by atoms with Crippen LogP contribution in [0.4, 0.5) is 4.39 Å². The summed E-state index contributed by atoms with van der Waals surface area (Å²) in [7, 11) is -9.07. The van der Waals surface area contributed by atoms with E-state index in [-0.39, 0.29) is 5.92 Å². The van der Waals surface area contributed by atoms with Gasteiger partial charge in [-0.15, -0.1) is 4.79 Å². The highest BCUT2D eigenvalue weighted by Crippen LogP contribution is 2.25. The van der Waals surface area contributed by atoms with Crippen molar-refractivity contribution in [3.05, 3.63) is 59.4 Å². The van der Waals surface area contributed by atoms with Crippen LogP contribution in [0, 0.1) is 5.92 Å². The molecular weight excluding hydrogens is 391 g/mol. The van der Waals surface area contributed by atoms with Crippen LogP contribution in [-0.2, 0) is 19.7 Å². The molecule has 1 aliphatic carbocycles. The molecule has 146 valence electrons. The Hall–Kier alpha value is -2.09. The molecule has 0 spiro atoms. The third-order valence-corrected chi connectivity index (χ3v) is 8.23. The first kappa shape index (κ1) is 21.2. The normalized spacial score (nSPS) is 16.6. The summed E-state index contributed by atoms with van der Waals surface area (Å²) >= 11 is 0. The van der Waals surface area contributed by atoms with Gasteiger partial charge in [0.2, 0.25) is 0 Å². The summed E-state index contributed by atoms with van der Waals surface area (Å²) in [5, 5.41) is 0. The highest BCUT2D eigenvalue weighted by molar-refractivity contribution is 8.31. The molecule has 0 saturated heterocycles. The van der Waals surface area contributed by atoms with E-state index in [4.69, 9.17) is 5.53 Å². The summed E-state index contributed by atoms with van der Waals surface area (Å²) < 4.78 is 61.7. The molecule has 1 saturated carbocycles. The number of benzene rings is 1. The van der Waals surface area contributed by atoms with E-state index in [0.29, 0.717) is 5.56 Å². The van der Waals surface area contributed by atoms with Gasteiger partial charge < -0.3 is 5.53 Å². The van der Waals surface area contributed by atoms with E-state index >= 15 is 0 Å². The summed E-state index contributed by atoms with van der Waals surface area (Å²) in [5.74, 6) is -2.60. The first-order valence-electron chi connectivity index (χ1n) is 8.50. The largest absolute Gasteiger partial charge is 0.495 e. The Labute approximate surface area is 158 Å². The molecule has 1 fully saturated rings. The molecule has 0 aromatic heterocycles. The fourth-order valence-corrected chi connectivity index (χ4v) is 6.18. The van der Waals surface area contributed by atoms with Gasteiger partial charge in [0.25, 0.3) is 19.7 Å². The highest BCUT2D eigenvalue weighted by Gasteiger charge is 2.41. The van der Waals surface area contributed by atoms with Crippen LogP contribution in [0.3, 0.4) is 0 Å². The molecule has 0 aliphatic heterocycles. The second-order valence-corrected chi connectivity index (χ2v) is 10.5. The number of hydrogen-bond acceptors (Lipinski definition) is 4. The van der Waals surface area contributed by atoms with Crippen molar-refractivity contribution in [2.24, 2.45) is 5.92 Å². The van der Waals surface area contributed by atoms with Crippen molar-refractivity contribution in [1.29, 1.82) is 0 Å². The van der Waals surface area contributed by atoms with E-state index in [2.05, 4.69) is 4.79 Å². The lowest BCUT2D eigenvalue weighted by atomic mass is 10.1. The van der Waals surface area contributed by atoms with Crippen molar-refractivity contribution >= 4 is 30.1 Å². The minimum absolute atomic E-state index is 0.276. The number of hydrogen-bond donors (Lipinski definition) is 0. The third kappa shape index (κ3) is 6.23. The van der Waals surface area contributed by atoms with Crippen LogP contribution in [0.15, 0.2) is 48.3 Å². The molecule has 6 nitrogen and oxygen atoms in total. The van der Waals surface area contributed by atoms with Gasteiger partial charge in [-0.1, -0.05) is 55.3 Å². The number of rotatable bonds is 6. The monoisotopic (exact) mass is 412 g/mol. The number of nitrogens with zero attached hydrogens (tertiary/aromatic N) is 2. The molecule has 1 aromatic carbocycles. The van der Waals surface area contributed by atoms with Gasteiger partial charge in [-0.3, -0.25) is 0 Å². The summed E-state index contributed by atoms with van der Waals surface area (Å²) in [5.41, 5.74) is 9.40. The molecule has 0 amide bonds. The maximum Gasteiger partial charge on any atom is 0.495 e. The van der Waals surface area contributed by atoms with Crippen molar-refractivity contribution in [1.82, 2.24) is 0 Å². The summed E-state index contributed by atoms with van der Waals surface area (Å²) in [6.07, 6.45) is 8.17. The van der Waals surface area contributed by atoms with Crippen molar-refractivity contribution in [3.8, 4) is 0 Å². The van der Waals surface area contributed by atoms with Gasteiger partial charge in [0.15, 0.2) is 0 Å². The Morgan fingerprint density at radius 3 is 2.33 bits per heavy atom. The molecule has 0 N–H and O–H groups in total. The van der Waals surface area contributed by atoms with E-state index in [9.17, 15) is 21.2 Å². The van der Waals surface area contributed by atoms with Gasteiger partial charge in [-0.25, -0.2) is 21.2 Å². The van der Waals surface area contributed by atoms with Crippen molar-refractivity contribution in [2.45, 2.75) is 25.7 Å². The molecule has 0 bridgehead atoms. The first-order valence-corrected chi connectivity index (χ1v) is 11.8. The smallest absolute Gasteiger partial charge is 0.359 e. The average Bonchev–Trinajstić information content (AvgIpc) is 3.08. The zero-order valence-electron chi connectivity index (χ0n) is 14.7. The van der Waals surface area contributed by atoms with Crippen molar-refractivity contribution in [3.63, 3.8) is 0 Å². The molecule has 0 radical (unpaired) electrons. The predicted octanol–water partition coefficient (Wildman–Crippen LogP) is 3.16. The van der Waals surface area contributed by atoms with Crippen molar-refractivity contribution < 1.29 is 26.0 Å². The molecule has 1 aliphatic rings. The Morgan fingerprint density at radius 1 is 1.11 bits per heavy atom. The molecule has 27 heavy (non-hydrogen) atoms. The van der Waals surface area contributed by atoms with Crippen LogP contribution in [0.25, 0.3) is 11.6 Å². The molecule has 0 atom stereocenters. The van der Waals surface area contributed by atoms with Gasteiger partial charge in [0.1, 0.15) is 11.6 Å². The summed E-state index contributed by atoms with van der Waals surface area (Å²) in [6.45, 7) is 0. The minimum atomic E-state index is -4.66. The standard InChI is InChI=1S/C18H21FN2O4S2/c19-17(13-16-9-2-1-3-10-16)14-27(24,25)18(21-20)26(22,23)12-6-11-15-7-4-5-8-15/h1-3,6,9-11,13,15H,4-5,7-8,12,14H2. The van der Waals surface area contributed by atoms with Crippen LogP contribution >= 0.6 is 0 Å². The maximum atomic E-state index is 14.1. The zero-order chi connectivity index (χ0) is 19.9. The Kier molecular flexibility index (Phi) is 7.24. The van der Waals surface area contributed by atoms with Crippen LogP contribution in [0.5, 0.6) is 0 Å². The number of halogens is 1. The number of allylic oxidation sites excluding steroid dienone is 1. The first-order chi connectivity index (χ1) is 12.7. The zero-order valence-corrected chi connectivity index (χ0v) is 16.3. The molecular formula is C18H21FN2O4S2. The molecule has 0 heterocycles. The lowest BCUT2D eigenvalue weighted by molar-refractivity contribution is 0.00383. The van der Waals surface area contributed by atoms with Crippen LogP contribution in [-0.4, -0.2) is 37.5 Å². The van der Waals surface area contributed by atoms with Gasteiger partial charge in [0.05, 0.1) is 5.75 Å². The maximum absolute atomic E-state index is 14.1. The quantitative estimate of drug-likeness (QED) is 0.235. The fraction of sp³-hybridized carbons (Fsp3) is 0.389. The predicted molar refractivity (Wildman–Crippen MR) is 103 cm³/mol. The minimum Gasteiger partial charge on any atom is -0.359 e.